The molecule has 0 bridgehead atoms. The van der Waals surface area contributed by atoms with Gasteiger partial charge in [0, 0.05) is 21.5 Å². The number of hydrogen-bond donors (Lipinski definition) is 1. The minimum atomic E-state index is -0.201. The number of fused-ring (bicyclic) bond motifs is 2. The standard InChI is InChI=1S/C19H17BrN4O2/c1-11(2)24-18-13(8-22-24)7-16(9-21-18)23-19(25)14-5-12-6-15(20)3-4-17(12)26-10-14/h3-9,11H,10H2,1-2H3,(H,23,25). The highest BCUT2D eigenvalue weighted by Crippen LogP contribution is 2.29. The number of rotatable bonds is 3. The van der Waals surface area contributed by atoms with Gasteiger partial charge in [0.15, 0.2) is 5.65 Å². The average molecular weight is 413 g/mol. The third kappa shape index (κ3) is 3.10. The second-order valence-corrected chi connectivity index (χ2v) is 7.33. The van der Waals surface area contributed by atoms with Crippen LogP contribution in [0.5, 0.6) is 5.75 Å². The van der Waals surface area contributed by atoms with Crippen LogP contribution in [-0.2, 0) is 4.79 Å². The van der Waals surface area contributed by atoms with Crippen LogP contribution in [0.1, 0.15) is 25.5 Å². The lowest BCUT2D eigenvalue weighted by atomic mass is 10.1. The quantitative estimate of drug-likeness (QED) is 0.699. The van der Waals surface area contributed by atoms with E-state index in [1.54, 1.807) is 12.4 Å². The van der Waals surface area contributed by atoms with Crippen molar-refractivity contribution in [1.82, 2.24) is 14.8 Å². The summed E-state index contributed by atoms with van der Waals surface area (Å²) in [7, 11) is 0. The Labute approximate surface area is 159 Å². The number of ether oxygens (including phenoxy) is 1. The molecule has 6 nitrogen and oxygen atoms in total. The molecule has 3 heterocycles. The van der Waals surface area contributed by atoms with E-state index in [9.17, 15) is 4.79 Å². The molecule has 132 valence electrons. The lowest BCUT2D eigenvalue weighted by Crippen LogP contribution is -2.21. The van der Waals surface area contributed by atoms with Gasteiger partial charge < -0.3 is 10.1 Å². The fourth-order valence-electron chi connectivity index (χ4n) is 2.88. The van der Waals surface area contributed by atoms with Gasteiger partial charge >= 0.3 is 0 Å². The molecule has 1 aliphatic heterocycles. The van der Waals surface area contributed by atoms with Crippen molar-refractivity contribution in [1.29, 1.82) is 0 Å². The van der Waals surface area contributed by atoms with Gasteiger partial charge in [0.2, 0.25) is 0 Å². The lowest BCUT2D eigenvalue weighted by molar-refractivity contribution is -0.113. The van der Waals surface area contributed by atoms with Crippen molar-refractivity contribution in [3.05, 3.63) is 52.3 Å². The zero-order valence-electron chi connectivity index (χ0n) is 14.4. The maximum Gasteiger partial charge on any atom is 0.255 e. The zero-order chi connectivity index (χ0) is 18.3. The number of hydrogen-bond acceptors (Lipinski definition) is 4. The van der Waals surface area contributed by atoms with Crippen molar-refractivity contribution in [2.24, 2.45) is 0 Å². The van der Waals surface area contributed by atoms with Crippen molar-refractivity contribution in [2.75, 3.05) is 11.9 Å². The summed E-state index contributed by atoms with van der Waals surface area (Å²) in [6, 6.07) is 7.82. The fourth-order valence-corrected chi connectivity index (χ4v) is 3.26. The molecule has 0 aliphatic carbocycles. The summed E-state index contributed by atoms with van der Waals surface area (Å²) in [5.41, 5.74) is 2.87. The maximum atomic E-state index is 12.6. The molecular weight excluding hydrogens is 396 g/mol. The van der Waals surface area contributed by atoms with E-state index >= 15 is 0 Å². The number of halogens is 1. The van der Waals surface area contributed by atoms with Gasteiger partial charge in [-0.05, 0) is 44.2 Å². The van der Waals surface area contributed by atoms with Gasteiger partial charge in [0.1, 0.15) is 12.4 Å². The number of benzene rings is 1. The number of pyridine rings is 1. The van der Waals surface area contributed by atoms with Crippen molar-refractivity contribution in [2.45, 2.75) is 19.9 Å². The van der Waals surface area contributed by atoms with Crippen LogP contribution in [0.25, 0.3) is 17.1 Å². The first-order valence-electron chi connectivity index (χ1n) is 8.29. The van der Waals surface area contributed by atoms with Gasteiger partial charge in [0.05, 0.1) is 23.7 Å². The van der Waals surface area contributed by atoms with Gasteiger partial charge in [-0.25, -0.2) is 9.67 Å². The number of aromatic nitrogens is 3. The number of carbonyl (C=O) groups is 1. The molecule has 0 radical (unpaired) electrons. The first kappa shape index (κ1) is 16.8. The molecule has 1 aromatic carbocycles. The van der Waals surface area contributed by atoms with Gasteiger partial charge in [0.25, 0.3) is 5.91 Å². The lowest BCUT2D eigenvalue weighted by Gasteiger charge is -2.18. The third-order valence-corrected chi connectivity index (χ3v) is 4.65. The van der Waals surface area contributed by atoms with Crippen LogP contribution < -0.4 is 10.1 Å². The molecule has 2 aromatic heterocycles. The Bertz CT molecular complexity index is 1040. The summed E-state index contributed by atoms with van der Waals surface area (Å²) in [6.07, 6.45) is 5.26. The first-order chi connectivity index (χ1) is 12.5. The van der Waals surface area contributed by atoms with Crippen LogP contribution in [0, 0.1) is 0 Å². The molecule has 1 aliphatic rings. The fraction of sp³-hybridized carbons (Fsp3) is 0.211. The van der Waals surface area contributed by atoms with E-state index in [4.69, 9.17) is 4.74 Å². The molecule has 7 heteroatoms. The second-order valence-electron chi connectivity index (χ2n) is 6.41. The van der Waals surface area contributed by atoms with Crippen LogP contribution in [0.3, 0.4) is 0 Å². The number of nitrogens with one attached hydrogen (secondary N) is 1. The van der Waals surface area contributed by atoms with Gasteiger partial charge in [-0.1, -0.05) is 15.9 Å². The molecule has 3 aromatic rings. The van der Waals surface area contributed by atoms with E-state index in [2.05, 4.69) is 45.2 Å². The minimum Gasteiger partial charge on any atom is -0.488 e. The monoisotopic (exact) mass is 412 g/mol. The van der Waals surface area contributed by atoms with Crippen molar-refractivity contribution in [3.63, 3.8) is 0 Å². The van der Waals surface area contributed by atoms with Gasteiger partial charge in [-0.2, -0.15) is 5.10 Å². The SMILES string of the molecule is CC(C)n1ncc2cc(NC(=O)C3=Cc4cc(Br)ccc4OC3)cnc21. The van der Waals surface area contributed by atoms with E-state index in [-0.39, 0.29) is 18.6 Å². The molecule has 0 saturated carbocycles. The number of carbonyl (C=O) groups excluding carboxylic acids is 1. The zero-order valence-corrected chi connectivity index (χ0v) is 15.9. The summed E-state index contributed by atoms with van der Waals surface area (Å²) in [5, 5.41) is 8.12. The molecule has 4 rings (SSSR count). The number of nitrogens with zero attached hydrogens (tertiary/aromatic N) is 3. The smallest absolute Gasteiger partial charge is 0.255 e. The van der Waals surface area contributed by atoms with E-state index in [0.717, 1.165) is 26.8 Å². The molecule has 0 saturated heterocycles. The molecule has 1 amide bonds. The Hall–Kier alpha value is -2.67. The number of amides is 1. The average Bonchev–Trinajstić information content (AvgIpc) is 3.04. The van der Waals surface area contributed by atoms with Gasteiger partial charge in [-0.15, -0.1) is 0 Å². The van der Waals surface area contributed by atoms with E-state index in [1.807, 2.05) is 35.0 Å². The summed E-state index contributed by atoms with van der Waals surface area (Å²) in [4.78, 5) is 17.0. The summed E-state index contributed by atoms with van der Waals surface area (Å²) in [5.74, 6) is 0.571. The predicted molar refractivity (Wildman–Crippen MR) is 104 cm³/mol. The van der Waals surface area contributed by atoms with Gasteiger partial charge in [-0.3, -0.25) is 4.79 Å². The van der Waals surface area contributed by atoms with Crippen LogP contribution in [0.2, 0.25) is 0 Å². The van der Waals surface area contributed by atoms with Crippen molar-refractivity contribution in [3.8, 4) is 5.75 Å². The molecule has 1 N–H and O–H groups in total. The maximum absolute atomic E-state index is 12.6. The highest BCUT2D eigenvalue weighted by Gasteiger charge is 2.18. The van der Waals surface area contributed by atoms with E-state index in [1.165, 1.54) is 0 Å². The Morgan fingerprint density at radius 3 is 2.96 bits per heavy atom. The third-order valence-electron chi connectivity index (χ3n) is 4.16. The molecule has 0 unspecified atom stereocenters. The largest absolute Gasteiger partial charge is 0.488 e. The van der Waals surface area contributed by atoms with E-state index < -0.39 is 0 Å². The summed E-state index contributed by atoms with van der Waals surface area (Å²) in [6.45, 7) is 4.34. The second kappa shape index (κ2) is 6.57. The summed E-state index contributed by atoms with van der Waals surface area (Å²) >= 11 is 3.43. The van der Waals surface area contributed by atoms with Crippen molar-refractivity contribution >= 4 is 44.6 Å². The van der Waals surface area contributed by atoms with Crippen LogP contribution in [0.15, 0.2) is 46.7 Å². The first-order valence-corrected chi connectivity index (χ1v) is 9.08. The Balaban J connectivity index is 1.57. The minimum absolute atomic E-state index is 0.201. The molecular formula is C19H17BrN4O2. The number of anilines is 1. The molecule has 26 heavy (non-hydrogen) atoms. The predicted octanol–water partition coefficient (Wildman–Crippen LogP) is 4.19. The van der Waals surface area contributed by atoms with Crippen LogP contribution >= 0.6 is 15.9 Å². The van der Waals surface area contributed by atoms with Crippen LogP contribution in [-0.4, -0.2) is 27.3 Å². The normalized spacial score (nSPS) is 13.3. The highest BCUT2D eigenvalue weighted by molar-refractivity contribution is 9.10. The van der Waals surface area contributed by atoms with Crippen LogP contribution in [0.4, 0.5) is 5.69 Å². The summed E-state index contributed by atoms with van der Waals surface area (Å²) < 4.78 is 8.46. The Morgan fingerprint density at radius 1 is 1.31 bits per heavy atom. The van der Waals surface area contributed by atoms with E-state index in [0.29, 0.717) is 11.3 Å². The Kier molecular flexibility index (Phi) is 4.24. The molecule has 0 spiro atoms. The Morgan fingerprint density at radius 2 is 2.15 bits per heavy atom. The molecule has 0 fully saturated rings. The molecule has 0 atom stereocenters. The van der Waals surface area contributed by atoms with Crippen molar-refractivity contribution < 1.29 is 9.53 Å². The topological polar surface area (TPSA) is 69.0 Å². The highest BCUT2D eigenvalue weighted by atomic mass is 79.9.